The van der Waals surface area contributed by atoms with Crippen molar-refractivity contribution in [2.45, 2.75) is 26.2 Å². The number of nitrogens with one attached hydrogen (secondary N) is 1. The van der Waals surface area contributed by atoms with Crippen LogP contribution in [0.25, 0.3) is 0 Å². The number of phenols is 1. The van der Waals surface area contributed by atoms with Gasteiger partial charge in [-0.3, -0.25) is 0 Å². The van der Waals surface area contributed by atoms with E-state index < -0.39 is 0 Å². The maximum Gasteiger partial charge on any atom is 0.115 e. The van der Waals surface area contributed by atoms with Crippen molar-refractivity contribution in [1.82, 2.24) is 5.32 Å². The minimum absolute atomic E-state index is 0.340. The van der Waals surface area contributed by atoms with E-state index >= 15 is 0 Å². The molecular formula is C12H19NO. The second kappa shape index (κ2) is 6.44. The van der Waals surface area contributed by atoms with Gasteiger partial charge < -0.3 is 10.4 Å². The zero-order chi connectivity index (χ0) is 10.2. The van der Waals surface area contributed by atoms with Gasteiger partial charge >= 0.3 is 0 Å². The lowest BCUT2D eigenvalue weighted by atomic mass is 10.1. The number of benzene rings is 1. The van der Waals surface area contributed by atoms with Crippen molar-refractivity contribution in [1.29, 1.82) is 0 Å². The molecule has 0 bridgehead atoms. The van der Waals surface area contributed by atoms with Crippen LogP contribution in [0.4, 0.5) is 0 Å². The minimum atomic E-state index is 0.340. The molecule has 0 unspecified atom stereocenters. The first-order valence-electron chi connectivity index (χ1n) is 5.31. The molecule has 1 aromatic rings. The van der Waals surface area contributed by atoms with Crippen LogP contribution in [-0.4, -0.2) is 18.2 Å². The van der Waals surface area contributed by atoms with Crippen molar-refractivity contribution in [2.24, 2.45) is 0 Å². The van der Waals surface area contributed by atoms with Crippen molar-refractivity contribution < 1.29 is 5.11 Å². The summed E-state index contributed by atoms with van der Waals surface area (Å²) in [6, 6.07) is 7.41. The summed E-state index contributed by atoms with van der Waals surface area (Å²) in [5, 5.41) is 12.5. The van der Waals surface area contributed by atoms with E-state index in [1.165, 1.54) is 18.4 Å². The van der Waals surface area contributed by atoms with Crippen molar-refractivity contribution in [3.05, 3.63) is 29.8 Å². The Labute approximate surface area is 86.0 Å². The highest BCUT2D eigenvalue weighted by Gasteiger charge is 1.92. The third-order valence-electron chi connectivity index (χ3n) is 2.23. The highest BCUT2D eigenvalue weighted by molar-refractivity contribution is 5.25. The van der Waals surface area contributed by atoms with Gasteiger partial charge in [-0.05, 0) is 43.6 Å². The Hall–Kier alpha value is -1.02. The molecule has 0 aliphatic rings. The third-order valence-corrected chi connectivity index (χ3v) is 2.23. The molecule has 2 N–H and O–H groups in total. The smallest absolute Gasteiger partial charge is 0.115 e. The van der Waals surface area contributed by atoms with Crippen LogP contribution >= 0.6 is 0 Å². The Morgan fingerprint density at radius 3 is 2.50 bits per heavy atom. The molecule has 0 heterocycles. The molecule has 0 saturated carbocycles. The fourth-order valence-corrected chi connectivity index (χ4v) is 1.32. The van der Waals surface area contributed by atoms with Crippen molar-refractivity contribution in [3.63, 3.8) is 0 Å². The first-order valence-corrected chi connectivity index (χ1v) is 5.31. The van der Waals surface area contributed by atoms with E-state index in [9.17, 15) is 0 Å². The molecule has 1 rings (SSSR count). The first-order chi connectivity index (χ1) is 6.83. The molecule has 1 aromatic carbocycles. The van der Waals surface area contributed by atoms with Crippen LogP contribution in [0.2, 0.25) is 0 Å². The van der Waals surface area contributed by atoms with Gasteiger partial charge in [0.05, 0.1) is 0 Å². The predicted octanol–water partition coefficient (Wildman–Crippen LogP) is 2.32. The molecule has 0 aliphatic carbocycles. The maximum absolute atomic E-state index is 9.08. The van der Waals surface area contributed by atoms with Crippen LogP contribution in [0.15, 0.2) is 24.3 Å². The second-order valence-electron chi connectivity index (χ2n) is 3.52. The van der Waals surface area contributed by atoms with E-state index in [2.05, 4.69) is 12.2 Å². The zero-order valence-electron chi connectivity index (χ0n) is 8.79. The average molecular weight is 193 g/mol. The molecule has 2 heteroatoms. The van der Waals surface area contributed by atoms with Gasteiger partial charge in [0.2, 0.25) is 0 Å². The summed E-state index contributed by atoms with van der Waals surface area (Å²) in [5.74, 6) is 0.340. The predicted molar refractivity (Wildman–Crippen MR) is 59.6 cm³/mol. The SMILES string of the molecule is CCCCNCCc1ccc(O)cc1. The quantitative estimate of drug-likeness (QED) is 0.680. The number of rotatable bonds is 6. The molecule has 0 spiro atoms. The molecule has 0 atom stereocenters. The Morgan fingerprint density at radius 1 is 1.14 bits per heavy atom. The van der Waals surface area contributed by atoms with Crippen LogP contribution in [0.3, 0.4) is 0 Å². The van der Waals surface area contributed by atoms with Crippen LogP contribution in [0, 0.1) is 0 Å². The number of hydrogen-bond acceptors (Lipinski definition) is 2. The monoisotopic (exact) mass is 193 g/mol. The summed E-state index contributed by atoms with van der Waals surface area (Å²) in [5.41, 5.74) is 1.27. The zero-order valence-corrected chi connectivity index (χ0v) is 8.79. The van der Waals surface area contributed by atoms with Crippen molar-refractivity contribution >= 4 is 0 Å². The molecular weight excluding hydrogens is 174 g/mol. The Balaban J connectivity index is 2.15. The number of unbranched alkanes of at least 4 members (excludes halogenated alkanes) is 1. The summed E-state index contributed by atoms with van der Waals surface area (Å²) in [6.07, 6.45) is 3.52. The van der Waals surface area contributed by atoms with Crippen LogP contribution in [0.1, 0.15) is 25.3 Å². The number of aromatic hydroxyl groups is 1. The standard InChI is InChI=1S/C12H19NO/c1-2-3-9-13-10-8-11-4-6-12(14)7-5-11/h4-7,13-14H,2-3,8-10H2,1H3. The Morgan fingerprint density at radius 2 is 1.86 bits per heavy atom. The average Bonchev–Trinajstić information content (AvgIpc) is 2.21. The second-order valence-corrected chi connectivity index (χ2v) is 3.52. The van der Waals surface area contributed by atoms with Gasteiger partial charge in [0, 0.05) is 0 Å². The van der Waals surface area contributed by atoms with Crippen LogP contribution in [-0.2, 0) is 6.42 Å². The molecule has 0 aromatic heterocycles. The lowest BCUT2D eigenvalue weighted by Crippen LogP contribution is -2.18. The minimum Gasteiger partial charge on any atom is -0.508 e. The lowest BCUT2D eigenvalue weighted by Gasteiger charge is -2.03. The van der Waals surface area contributed by atoms with E-state index in [1.54, 1.807) is 12.1 Å². The summed E-state index contributed by atoms with van der Waals surface area (Å²) in [7, 11) is 0. The molecule has 14 heavy (non-hydrogen) atoms. The molecule has 0 fully saturated rings. The van der Waals surface area contributed by atoms with Crippen molar-refractivity contribution in [2.75, 3.05) is 13.1 Å². The number of phenolic OH excluding ortho intramolecular Hbond substituents is 1. The van der Waals surface area contributed by atoms with Gasteiger partial charge in [0.25, 0.3) is 0 Å². The highest BCUT2D eigenvalue weighted by atomic mass is 16.3. The molecule has 0 saturated heterocycles. The van der Waals surface area contributed by atoms with E-state index in [-0.39, 0.29) is 0 Å². The summed E-state index contributed by atoms with van der Waals surface area (Å²) in [4.78, 5) is 0. The molecule has 0 amide bonds. The molecule has 0 radical (unpaired) electrons. The first kappa shape index (κ1) is 11.1. The van der Waals surface area contributed by atoms with E-state index in [0.29, 0.717) is 5.75 Å². The van der Waals surface area contributed by atoms with Gasteiger partial charge in [0.1, 0.15) is 5.75 Å². The van der Waals surface area contributed by atoms with Gasteiger partial charge in [-0.25, -0.2) is 0 Å². The fraction of sp³-hybridized carbons (Fsp3) is 0.500. The third kappa shape index (κ3) is 4.28. The summed E-state index contributed by atoms with van der Waals surface area (Å²) in [6.45, 7) is 4.32. The van der Waals surface area contributed by atoms with E-state index in [0.717, 1.165) is 19.5 Å². The van der Waals surface area contributed by atoms with E-state index in [4.69, 9.17) is 5.11 Å². The topological polar surface area (TPSA) is 32.3 Å². The summed E-state index contributed by atoms with van der Waals surface area (Å²) >= 11 is 0. The maximum atomic E-state index is 9.08. The normalized spacial score (nSPS) is 10.4. The van der Waals surface area contributed by atoms with Gasteiger partial charge in [-0.2, -0.15) is 0 Å². The van der Waals surface area contributed by atoms with Crippen molar-refractivity contribution in [3.8, 4) is 5.75 Å². The molecule has 78 valence electrons. The fourth-order valence-electron chi connectivity index (χ4n) is 1.32. The Kier molecular flexibility index (Phi) is 5.08. The molecule has 2 nitrogen and oxygen atoms in total. The van der Waals surface area contributed by atoms with Crippen LogP contribution in [0.5, 0.6) is 5.75 Å². The summed E-state index contributed by atoms with van der Waals surface area (Å²) < 4.78 is 0. The number of hydrogen-bond donors (Lipinski definition) is 2. The van der Waals surface area contributed by atoms with Gasteiger partial charge in [-0.15, -0.1) is 0 Å². The van der Waals surface area contributed by atoms with Gasteiger partial charge in [-0.1, -0.05) is 25.5 Å². The molecule has 0 aliphatic heterocycles. The van der Waals surface area contributed by atoms with Crippen LogP contribution < -0.4 is 5.32 Å². The highest BCUT2D eigenvalue weighted by Crippen LogP contribution is 2.09. The largest absolute Gasteiger partial charge is 0.508 e. The Bertz CT molecular complexity index is 243. The van der Waals surface area contributed by atoms with E-state index in [1.807, 2.05) is 12.1 Å². The van der Waals surface area contributed by atoms with Gasteiger partial charge in [0.15, 0.2) is 0 Å². The lowest BCUT2D eigenvalue weighted by molar-refractivity contribution is 0.475.